The van der Waals surface area contributed by atoms with Crippen LogP contribution in [0.15, 0.2) is 0 Å². The molecule has 3 nitrogen and oxygen atoms in total. The standard InChI is InChI=1S/C15H25N3/c1-15(2,3)10-13-17-12-9-7-5-6-8-11(12)14(16-4)18-13/h5-10H2,1-4H3,(H,16,17,18). The maximum atomic E-state index is 4.82. The van der Waals surface area contributed by atoms with Gasteiger partial charge in [0.2, 0.25) is 0 Å². The van der Waals surface area contributed by atoms with E-state index < -0.39 is 0 Å². The fraction of sp³-hybridized carbons (Fsp3) is 0.733. The summed E-state index contributed by atoms with van der Waals surface area (Å²) in [6.07, 6.45) is 7.03. The van der Waals surface area contributed by atoms with Crippen LogP contribution in [-0.4, -0.2) is 17.0 Å². The van der Waals surface area contributed by atoms with E-state index in [9.17, 15) is 0 Å². The number of aromatic nitrogens is 2. The van der Waals surface area contributed by atoms with Crippen LogP contribution in [0.25, 0.3) is 0 Å². The fourth-order valence-corrected chi connectivity index (χ4v) is 2.58. The van der Waals surface area contributed by atoms with Crippen LogP contribution in [0, 0.1) is 5.41 Å². The van der Waals surface area contributed by atoms with Crippen LogP contribution in [0.1, 0.15) is 57.1 Å². The Hall–Kier alpha value is -1.12. The number of nitrogens with zero attached hydrogens (tertiary/aromatic N) is 2. The van der Waals surface area contributed by atoms with Crippen LogP contribution in [0.5, 0.6) is 0 Å². The van der Waals surface area contributed by atoms with Gasteiger partial charge < -0.3 is 5.32 Å². The molecule has 3 heteroatoms. The highest BCUT2D eigenvalue weighted by Gasteiger charge is 2.19. The molecular weight excluding hydrogens is 222 g/mol. The molecule has 2 rings (SSSR count). The fourth-order valence-electron chi connectivity index (χ4n) is 2.58. The Morgan fingerprint density at radius 1 is 1.06 bits per heavy atom. The molecule has 0 bridgehead atoms. The molecule has 0 saturated carbocycles. The van der Waals surface area contributed by atoms with Gasteiger partial charge >= 0.3 is 0 Å². The second-order valence-electron chi connectivity index (χ2n) is 6.46. The van der Waals surface area contributed by atoms with Gasteiger partial charge in [0.05, 0.1) is 0 Å². The summed E-state index contributed by atoms with van der Waals surface area (Å²) < 4.78 is 0. The number of aryl methyl sites for hydroxylation is 1. The molecule has 0 amide bonds. The van der Waals surface area contributed by atoms with Crippen molar-refractivity contribution < 1.29 is 0 Å². The van der Waals surface area contributed by atoms with E-state index in [0.717, 1.165) is 30.9 Å². The van der Waals surface area contributed by atoms with Crippen LogP contribution in [-0.2, 0) is 19.3 Å². The summed E-state index contributed by atoms with van der Waals surface area (Å²) in [5.74, 6) is 2.05. The number of hydrogen-bond donors (Lipinski definition) is 1. The van der Waals surface area contributed by atoms with E-state index >= 15 is 0 Å². The van der Waals surface area contributed by atoms with Crippen molar-refractivity contribution in [2.75, 3.05) is 12.4 Å². The van der Waals surface area contributed by atoms with Crippen molar-refractivity contribution in [3.63, 3.8) is 0 Å². The van der Waals surface area contributed by atoms with Crippen LogP contribution < -0.4 is 5.32 Å². The number of hydrogen-bond acceptors (Lipinski definition) is 3. The van der Waals surface area contributed by atoms with Crippen molar-refractivity contribution in [2.45, 2.75) is 59.3 Å². The molecule has 18 heavy (non-hydrogen) atoms. The van der Waals surface area contributed by atoms with Crippen molar-refractivity contribution in [3.05, 3.63) is 17.1 Å². The van der Waals surface area contributed by atoms with Gasteiger partial charge in [-0.15, -0.1) is 0 Å². The van der Waals surface area contributed by atoms with Gasteiger partial charge in [0, 0.05) is 24.7 Å². The number of nitrogens with one attached hydrogen (secondary N) is 1. The molecule has 100 valence electrons. The Morgan fingerprint density at radius 3 is 2.44 bits per heavy atom. The highest BCUT2D eigenvalue weighted by Crippen LogP contribution is 2.26. The van der Waals surface area contributed by atoms with E-state index in [1.807, 2.05) is 7.05 Å². The molecule has 0 aromatic carbocycles. The molecular formula is C15H25N3. The molecule has 0 unspecified atom stereocenters. The summed E-state index contributed by atoms with van der Waals surface area (Å²) in [7, 11) is 1.97. The molecule has 1 aliphatic carbocycles. The third kappa shape index (κ3) is 3.21. The van der Waals surface area contributed by atoms with Crippen LogP contribution in [0.2, 0.25) is 0 Å². The van der Waals surface area contributed by atoms with E-state index in [0.29, 0.717) is 0 Å². The van der Waals surface area contributed by atoms with Crippen LogP contribution in [0.3, 0.4) is 0 Å². The topological polar surface area (TPSA) is 37.8 Å². The summed E-state index contributed by atoms with van der Waals surface area (Å²) in [6, 6.07) is 0. The first kappa shape index (κ1) is 13.3. The Morgan fingerprint density at radius 2 is 1.78 bits per heavy atom. The minimum Gasteiger partial charge on any atom is -0.373 e. The maximum absolute atomic E-state index is 4.82. The lowest BCUT2D eigenvalue weighted by atomic mass is 9.92. The SMILES string of the molecule is CNc1nc(CC(C)(C)C)nc2c1CCCCC2. The smallest absolute Gasteiger partial charge is 0.132 e. The monoisotopic (exact) mass is 247 g/mol. The Bertz CT molecular complexity index is 418. The van der Waals surface area contributed by atoms with Gasteiger partial charge in [-0.25, -0.2) is 9.97 Å². The van der Waals surface area contributed by atoms with Crippen molar-refractivity contribution in [1.29, 1.82) is 0 Å². The molecule has 0 spiro atoms. The van der Waals surface area contributed by atoms with Gasteiger partial charge in [0.1, 0.15) is 11.6 Å². The zero-order chi connectivity index (χ0) is 13.2. The van der Waals surface area contributed by atoms with Gasteiger partial charge in [-0.2, -0.15) is 0 Å². The van der Waals surface area contributed by atoms with Gasteiger partial charge in [-0.1, -0.05) is 27.2 Å². The lowest BCUT2D eigenvalue weighted by Gasteiger charge is -2.19. The second-order valence-corrected chi connectivity index (χ2v) is 6.46. The third-order valence-corrected chi connectivity index (χ3v) is 3.40. The molecule has 0 radical (unpaired) electrons. The quantitative estimate of drug-likeness (QED) is 0.814. The van der Waals surface area contributed by atoms with Crippen molar-refractivity contribution in [2.24, 2.45) is 5.41 Å². The van der Waals surface area contributed by atoms with E-state index in [4.69, 9.17) is 9.97 Å². The minimum absolute atomic E-state index is 0.240. The molecule has 0 aliphatic heterocycles. The summed E-state index contributed by atoms with van der Waals surface area (Å²) >= 11 is 0. The second kappa shape index (κ2) is 5.25. The third-order valence-electron chi connectivity index (χ3n) is 3.40. The Labute approximate surface area is 110 Å². The first-order valence-corrected chi connectivity index (χ1v) is 7.06. The average molecular weight is 247 g/mol. The molecule has 1 aromatic heterocycles. The molecule has 0 atom stereocenters. The molecule has 1 heterocycles. The predicted octanol–water partition coefficient (Wildman–Crippen LogP) is 3.38. The van der Waals surface area contributed by atoms with E-state index in [1.54, 1.807) is 0 Å². The number of anilines is 1. The van der Waals surface area contributed by atoms with E-state index in [2.05, 4.69) is 26.1 Å². The molecule has 0 saturated heterocycles. The van der Waals surface area contributed by atoms with Gasteiger partial charge in [-0.05, 0) is 31.1 Å². The molecule has 1 aromatic rings. The Balaban J connectivity index is 2.37. The molecule has 1 N–H and O–H groups in total. The summed E-state index contributed by atoms with van der Waals surface area (Å²) in [5.41, 5.74) is 2.88. The Kier molecular flexibility index (Phi) is 3.88. The zero-order valence-electron chi connectivity index (χ0n) is 12.1. The lowest BCUT2D eigenvalue weighted by Crippen LogP contribution is -2.15. The van der Waals surface area contributed by atoms with Gasteiger partial charge in [0.15, 0.2) is 0 Å². The van der Waals surface area contributed by atoms with Gasteiger partial charge in [0.25, 0.3) is 0 Å². The van der Waals surface area contributed by atoms with Crippen molar-refractivity contribution in [1.82, 2.24) is 9.97 Å². The predicted molar refractivity (Wildman–Crippen MR) is 76.0 cm³/mol. The first-order chi connectivity index (χ1) is 8.49. The first-order valence-electron chi connectivity index (χ1n) is 7.06. The normalized spacial score (nSPS) is 16.0. The van der Waals surface area contributed by atoms with E-state index in [-0.39, 0.29) is 5.41 Å². The molecule has 1 aliphatic rings. The average Bonchev–Trinajstić information content (AvgIpc) is 2.50. The van der Waals surface area contributed by atoms with Crippen molar-refractivity contribution in [3.8, 4) is 0 Å². The summed E-state index contributed by atoms with van der Waals surface area (Å²) in [4.78, 5) is 9.53. The van der Waals surface area contributed by atoms with Gasteiger partial charge in [-0.3, -0.25) is 0 Å². The van der Waals surface area contributed by atoms with E-state index in [1.165, 1.54) is 30.5 Å². The van der Waals surface area contributed by atoms with Crippen LogP contribution in [0.4, 0.5) is 5.82 Å². The van der Waals surface area contributed by atoms with Crippen LogP contribution >= 0.6 is 0 Å². The maximum Gasteiger partial charge on any atom is 0.132 e. The zero-order valence-corrected chi connectivity index (χ0v) is 12.1. The minimum atomic E-state index is 0.240. The highest BCUT2D eigenvalue weighted by atomic mass is 15.0. The molecule has 0 fully saturated rings. The summed E-state index contributed by atoms with van der Waals surface area (Å²) in [6.45, 7) is 6.71. The summed E-state index contributed by atoms with van der Waals surface area (Å²) in [5, 5.41) is 3.26. The van der Waals surface area contributed by atoms with Crippen molar-refractivity contribution >= 4 is 5.82 Å². The number of rotatable bonds is 2. The number of fused-ring (bicyclic) bond motifs is 1. The largest absolute Gasteiger partial charge is 0.373 e. The highest BCUT2D eigenvalue weighted by molar-refractivity contribution is 5.47. The lowest BCUT2D eigenvalue weighted by molar-refractivity contribution is 0.400.